The monoisotopic (exact) mass is 286 g/mol. The highest BCUT2D eigenvalue weighted by atomic mass is 16.5. The van der Waals surface area contributed by atoms with E-state index in [-0.39, 0.29) is 0 Å². The second-order valence-electron chi connectivity index (χ2n) is 7.47. The fraction of sp³-hybridized carbons (Fsp3) is 0.684. The molecule has 0 aliphatic heterocycles. The van der Waals surface area contributed by atoms with Gasteiger partial charge in [0.1, 0.15) is 5.75 Å². The van der Waals surface area contributed by atoms with Crippen molar-refractivity contribution >= 4 is 0 Å². The summed E-state index contributed by atoms with van der Waals surface area (Å²) in [5.74, 6) is 3.54. The molecule has 2 heteroatoms. The Morgan fingerprint density at radius 3 is 2.29 bits per heavy atom. The lowest BCUT2D eigenvalue weighted by atomic mass is 9.48. The van der Waals surface area contributed by atoms with Gasteiger partial charge in [-0.1, -0.05) is 25.1 Å². The number of aliphatic hydroxyl groups is 1. The second kappa shape index (κ2) is 5.01. The van der Waals surface area contributed by atoms with Crippen LogP contribution in [0, 0.1) is 23.7 Å². The molecule has 4 fully saturated rings. The van der Waals surface area contributed by atoms with Crippen LogP contribution in [0.2, 0.25) is 0 Å². The van der Waals surface area contributed by atoms with Crippen molar-refractivity contribution in [3.8, 4) is 5.75 Å². The summed E-state index contributed by atoms with van der Waals surface area (Å²) in [5, 5.41) is 11.7. The molecule has 1 aromatic rings. The van der Waals surface area contributed by atoms with E-state index < -0.39 is 5.60 Å². The second-order valence-corrected chi connectivity index (χ2v) is 7.47. The SMILES string of the molecule is CCCOc1ccccc1C1(O)C2CC3CC(C2)CC1C3. The third-order valence-corrected chi connectivity index (χ3v) is 6.16. The van der Waals surface area contributed by atoms with Gasteiger partial charge < -0.3 is 9.84 Å². The summed E-state index contributed by atoms with van der Waals surface area (Å²) >= 11 is 0. The first kappa shape index (κ1) is 13.6. The number of ether oxygens (including phenoxy) is 1. The Morgan fingerprint density at radius 2 is 1.67 bits per heavy atom. The van der Waals surface area contributed by atoms with Crippen molar-refractivity contribution in [1.29, 1.82) is 0 Å². The van der Waals surface area contributed by atoms with E-state index >= 15 is 0 Å². The molecule has 4 saturated carbocycles. The van der Waals surface area contributed by atoms with Crippen molar-refractivity contribution in [1.82, 2.24) is 0 Å². The maximum atomic E-state index is 11.7. The molecule has 1 N–H and O–H groups in total. The first-order valence-corrected chi connectivity index (χ1v) is 8.66. The minimum atomic E-state index is -0.641. The molecule has 4 aliphatic carbocycles. The highest BCUT2D eigenvalue weighted by molar-refractivity contribution is 5.40. The van der Waals surface area contributed by atoms with Crippen molar-refractivity contribution in [3.05, 3.63) is 29.8 Å². The zero-order valence-electron chi connectivity index (χ0n) is 12.9. The lowest BCUT2D eigenvalue weighted by Crippen LogP contribution is -2.55. The normalized spacial score (nSPS) is 40.5. The molecule has 21 heavy (non-hydrogen) atoms. The number of rotatable bonds is 4. The van der Waals surface area contributed by atoms with E-state index in [0.29, 0.717) is 11.8 Å². The zero-order chi connectivity index (χ0) is 14.4. The smallest absolute Gasteiger partial charge is 0.125 e. The molecule has 0 spiro atoms. The van der Waals surface area contributed by atoms with Gasteiger partial charge in [0, 0.05) is 5.56 Å². The number of para-hydroxylation sites is 1. The molecule has 1 aromatic carbocycles. The Kier molecular flexibility index (Phi) is 3.25. The first-order valence-electron chi connectivity index (χ1n) is 8.66. The average molecular weight is 286 g/mol. The molecule has 4 bridgehead atoms. The lowest BCUT2D eigenvalue weighted by molar-refractivity contribution is -0.180. The summed E-state index contributed by atoms with van der Waals surface area (Å²) in [5.41, 5.74) is 0.421. The first-order chi connectivity index (χ1) is 10.2. The molecule has 4 aliphatic rings. The van der Waals surface area contributed by atoms with Crippen molar-refractivity contribution in [2.75, 3.05) is 6.61 Å². The number of hydrogen-bond acceptors (Lipinski definition) is 2. The van der Waals surface area contributed by atoms with E-state index in [1.54, 1.807) is 0 Å². The van der Waals surface area contributed by atoms with E-state index in [4.69, 9.17) is 4.74 Å². The Bertz CT molecular complexity index is 494. The maximum Gasteiger partial charge on any atom is 0.125 e. The van der Waals surface area contributed by atoms with Crippen LogP contribution in [0.5, 0.6) is 5.75 Å². The quantitative estimate of drug-likeness (QED) is 0.902. The molecule has 0 heterocycles. The molecule has 5 rings (SSSR count). The van der Waals surface area contributed by atoms with Gasteiger partial charge in [-0.25, -0.2) is 0 Å². The Hall–Kier alpha value is -1.02. The Balaban J connectivity index is 1.72. The van der Waals surface area contributed by atoms with Gasteiger partial charge in [0.05, 0.1) is 12.2 Å². The van der Waals surface area contributed by atoms with Crippen molar-refractivity contribution < 1.29 is 9.84 Å². The molecule has 0 saturated heterocycles. The summed E-state index contributed by atoms with van der Waals surface area (Å²) < 4.78 is 5.95. The van der Waals surface area contributed by atoms with Crippen LogP contribution in [0.15, 0.2) is 24.3 Å². The molecule has 0 atom stereocenters. The molecule has 0 unspecified atom stereocenters. The predicted octanol–water partition coefficient (Wildman–Crippen LogP) is 4.12. The van der Waals surface area contributed by atoms with E-state index in [1.165, 1.54) is 32.1 Å². The minimum Gasteiger partial charge on any atom is -0.493 e. The van der Waals surface area contributed by atoms with Gasteiger partial charge in [-0.3, -0.25) is 0 Å². The Morgan fingerprint density at radius 1 is 1.05 bits per heavy atom. The number of hydrogen-bond donors (Lipinski definition) is 1. The van der Waals surface area contributed by atoms with Crippen molar-refractivity contribution in [2.24, 2.45) is 23.7 Å². The third kappa shape index (κ3) is 2.03. The van der Waals surface area contributed by atoms with Crippen LogP contribution in [0.1, 0.15) is 51.0 Å². The summed E-state index contributed by atoms with van der Waals surface area (Å²) in [7, 11) is 0. The molecule has 0 radical (unpaired) electrons. The van der Waals surface area contributed by atoms with Gasteiger partial charge in [-0.05, 0) is 68.3 Å². The zero-order valence-corrected chi connectivity index (χ0v) is 12.9. The van der Waals surface area contributed by atoms with Crippen LogP contribution >= 0.6 is 0 Å². The van der Waals surface area contributed by atoms with Crippen LogP contribution in [0.4, 0.5) is 0 Å². The lowest BCUT2D eigenvalue weighted by Gasteiger charge is -2.59. The van der Waals surface area contributed by atoms with Gasteiger partial charge in [0.15, 0.2) is 0 Å². The third-order valence-electron chi connectivity index (χ3n) is 6.16. The van der Waals surface area contributed by atoms with Crippen molar-refractivity contribution in [2.45, 2.75) is 51.0 Å². The van der Waals surface area contributed by atoms with Crippen LogP contribution < -0.4 is 4.74 Å². The van der Waals surface area contributed by atoms with Crippen LogP contribution in [-0.2, 0) is 5.60 Å². The molecular weight excluding hydrogens is 260 g/mol. The minimum absolute atomic E-state index is 0.445. The molecule has 0 aromatic heterocycles. The fourth-order valence-electron chi connectivity index (χ4n) is 5.48. The van der Waals surface area contributed by atoms with Gasteiger partial charge in [0.2, 0.25) is 0 Å². The molecular formula is C19H26O2. The van der Waals surface area contributed by atoms with E-state index in [1.807, 2.05) is 12.1 Å². The predicted molar refractivity (Wildman–Crippen MR) is 83.2 cm³/mol. The summed E-state index contributed by atoms with van der Waals surface area (Å²) in [6.07, 6.45) is 7.27. The summed E-state index contributed by atoms with van der Waals surface area (Å²) in [4.78, 5) is 0. The van der Waals surface area contributed by atoms with Gasteiger partial charge in [0.25, 0.3) is 0 Å². The van der Waals surface area contributed by atoms with Crippen LogP contribution in [-0.4, -0.2) is 11.7 Å². The van der Waals surface area contributed by atoms with E-state index in [0.717, 1.165) is 36.2 Å². The fourth-order valence-corrected chi connectivity index (χ4v) is 5.48. The molecule has 114 valence electrons. The van der Waals surface area contributed by atoms with Gasteiger partial charge in [-0.2, -0.15) is 0 Å². The highest BCUT2D eigenvalue weighted by Crippen LogP contribution is 2.62. The molecule has 0 amide bonds. The summed E-state index contributed by atoms with van der Waals surface area (Å²) in [6.45, 7) is 2.86. The highest BCUT2D eigenvalue weighted by Gasteiger charge is 2.57. The number of benzene rings is 1. The maximum absolute atomic E-state index is 11.7. The van der Waals surface area contributed by atoms with Crippen LogP contribution in [0.3, 0.4) is 0 Å². The average Bonchev–Trinajstić information content (AvgIpc) is 2.50. The van der Waals surface area contributed by atoms with E-state index in [9.17, 15) is 5.11 Å². The van der Waals surface area contributed by atoms with Gasteiger partial charge in [-0.15, -0.1) is 0 Å². The van der Waals surface area contributed by atoms with Crippen molar-refractivity contribution in [3.63, 3.8) is 0 Å². The van der Waals surface area contributed by atoms with Gasteiger partial charge >= 0.3 is 0 Å². The molecule has 2 nitrogen and oxygen atoms in total. The standard InChI is InChI=1S/C19H26O2/c1-2-7-21-18-6-4-3-5-17(18)19(20)15-9-13-8-14(11-15)12-16(19)10-13/h3-6,13-16,20H,2,7-12H2,1H3. The largest absolute Gasteiger partial charge is 0.493 e. The topological polar surface area (TPSA) is 29.5 Å². The summed E-state index contributed by atoms with van der Waals surface area (Å²) in [6, 6.07) is 8.21. The van der Waals surface area contributed by atoms with Crippen LogP contribution in [0.25, 0.3) is 0 Å². The Labute approximate surface area is 127 Å². The van der Waals surface area contributed by atoms with E-state index in [2.05, 4.69) is 19.1 Å².